The van der Waals surface area contributed by atoms with Gasteiger partial charge in [-0.15, -0.1) is 0 Å². The van der Waals surface area contributed by atoms with Crippen molar-refractivity contribution in [1.29, 1.82) is 0 Å². The summed E-state index contributed by atoms with van der Waals surface area (Å²) >= 11 is 0. The number of hydrogen-bond acceptors (Lipinski definition) is 3. The van der Waals surface area contributed by atoms with Gasteiger partial charge in [-0.2, -0.15) is 0 Å². The molecule has 0 aromatic heterocycles. The van der Waals surface area contributed by atoms with E-state index in [0.29, 0.717) is 18.8 Å². The van der Waals surface area contributed by atoms with Gasteiger partial charge in [-0.05, 0) is 37.2 Å². The van der Waals surface area contributed by atoms with Crippen LogP contribution in [0, 0.1) is 5.92 Å². The number of Topliss-reactive ketones (excluding diaryl/α,β-unsaturated/α-hetero) is 1. The number of benzene rings is 1. The van der Waals surface area contributed by atoms with Crippen LogP contribution in [-0.4, -0.2) is 24.7 Å². The molecule has 21 heavy (non-hydrogen) atoms. The molecule has 0 saturated carbocycles. The Balaban J connectivity index is 1.88. The second kappa shape index (κ2) is 5.24. The lowest BCUT2D eigenvalue weighted by Gasteiger charge is -2.27. The zero-order valence-corrected chi connectivity index (χ0v) is 13.4. The van der Waals surface area contributed by atoms with Gasteiger partial charge in [0.25, 0.3) is 0 Å². The van der Waals surface area contributed by atoms with Gasteiger partial charge < -0.3 is 0 Å². The lowest BCUT2D eigenvalue weighted by molar-refractivity contribution is 0.0904. The summed E-state index contributed by atoms with van der Waals surface area (Å²) in [4.78, 5) is 12.9. The molecule has 114 valence electrons. The molecule has 2 fully saturated rings. The largest absolute Gasteiger partial charge is 0.294 e. The molecule has 2 atom stereocenters. The van der Waals surface area contributed by atoms with Gasteiger partial charge in [0.15, 0.2) is 15.6 Å². The summed E-state index contributed by atoms with van der Waals surface area (Å²) in [6.07, 6.45) is 2.51. The third-order valence-corrected chi connectivity index (χ3v) is 7.77. The van der Waals surface area contributed by atoms with E-state index in [4.69, 9.17) is 0 Å². The van der Waals surface area contributed by atoms with Gasteiger partial charge in [-0.3, -0.25) is 4.79 Å². The first-order chi connectivity index (χ1) is 9.91. The first kappa shape index (κ1) is 14.8. The van der Waals surface area contributed by atoms with E-state index in [-0.39, 0.29) is 22.2 Å². The second-order valence-corrected chi connectivity index (χ2v) is 9.20. The third-order valence-electron chi connectivity index (χ3n) is 5.05. The van der Waals surface area contributed by atoms with Crippen LogP contribution in [0.25, 0.3) is 0 Å². The summed E-state index contributed by atoms with van der Waals surface area (Å²) in [7, 11) is -2.96. The molecule has 0 N–H and O–H groups in total. The third kappa shape index (κ3) is 2.44. The number of rotatable bonds is 3. The predicted molar refractivity (Wildman–Crippen MR) is 83.3 cm³/mol. The minimum atomic E-state index is -2.96. The average Bonchev–Trinajstić information content (AvgIpc) is 2.66. The van der Waals surface area contributed by atoms with Crippen molar-refractivity contribution < 1.29 is 13.2 Å². The first-order valence-electron chi connectivity index (χ1n) is 7.77. The Hall–Kier alpha value is -1.16. The van der Waals surface area contributed by atoms with E-state index < -0.39 is 9.84 Å². The van der Waals surface area contributed by atoms with Crippen molar-refractivity contribution in [2.24, 2.45) is 5.92 Å². The molecule has 0 radical (unpaired) electrons. The van der Waals surface area contributed by atoms with E-state index in [2.05, 4.69) is 13.8 Å². The zero-order chi connectivity index (χ0) is 15.2. The zero-order valence-electron chi connectivity index (χ0n) is 12.6. The highest BCUT2D eigenvalue weighted by molar-refractivity contribution is 7.93. The molecule has 2 saturated heterocycles. The van der Waals surface area contributed by atoms with Crippen molar-refractivity contribution in [3.8, 4) is 0 Å². The van der Waals surface area contributed by atoms with E-state index in [1.54, 1.807) is 0 Å². The molecule has 2 heterocycles. The van der Waals surface area contributed by atoms with Gasteiger partial charge in [-0.25, -0.2) is 8.42 Å². The van der Waals surface area contributed by atoms with E-state index in [9.17, 15) is 13.2 Å². The summed E-state index contributed by atoms with van der Waals surface area (Å²) in [5.41, 5.74) is 1.86. The topological polar surface area (TPSA) is 51.2 Å². The highest BCUT2D eigenvalue weighted by atomic mass is 32.2. The van der Waals surface area contributed by atoms with Crippen LogP contribution in [0.4, 0.5) is 0 Å². The molecular weight excluding hydrogens is 284 g/mol. The van der Waals surface area contributed by atoms with Crippen molar-refractivity contribution in [3.05, 3.63) is 35.4 Å². The van der Waals surface area contributed by atoms with Crippen LogP contribution in [-0.2, 0) is 9.84 Å². The molecule has 0 aliphatic carbocycles. The molecule has 2 aliphatic heterocycles. The summed E-state index contributed by atoms with van der Waals surface area (Å²) in [6.45, 7) is 4.17. The number of carbonyl (C=O) groups is 1. The van der Waals surface area contributed by atoms with Gasteiger partial charge in [0.2, 0.25) is 0 Å². The predicted octanol–water partition coefficient (Wildman–Crippen LogP) is 3.35. The standard InChI is InChI=1S/C17H22O3S/c1-11(2)15-5-3-4-6-16(15)17(18)12-9-13-7-8-14(10-12)21(13,19)20/h3-6,11-14H,7-10H2,1-2H3. The van der Waals surface area contributed by atoms with Gasteiger partial charge in [0.1, 0.15) is 0 Å². The minimum absolute atomic E-state index is 0.120. The Morgan fingerprint density at radius 2 is 1.67 bits per heavy atom. The molecule has 2 unspecified atom stereocenters. The number of sulfone groups is 1. The summed E-state index contributed by atoms with van der Waals surface area (Å²) in [5.74, 6) is 0.325. The quantitative estimate of drug-likeness (QED) is 0.805. The van der Waals surface area contributed by atoms with Gasteiger partial charge >= 0.3 is 0 Å². The van der Waals surface area contributed by atoms with Crippen LogP contribution in [0.5, 0.6) is 0 Å². The van der Waals surface area contributed by atoms with Crippen molar-refractivity contribution >= 4 is 15.6 Å². The van der Waals surface area contributed by atoms with E-state index in [1.807, 2.05) is 24.3 Å². The van der Waals surface area contributed by atoms with Gasteiger partial charge in [-0.1, -0.05) is 38.1 Å². The molecule has 2 bridgehead atoms. The van der Waals surface area contributed by atoms with Crippen LogP contribution in [0.2, 0.25) is 0 Å². The molecule has 0 spiro atoms. The first-order valence-corrected chi connectivity index (χ1v) is 9.38. The van der Waals surface area contributed by atoms with Gasteiger partial charge in [0.05, 0.1) is 10.5 Å². The number of hydrogen-bond donors (Lipinski definition) is 0. The average molecular weight is 306 g/mol. The fraction of sp³-hybridized carbons (Fsp3) is 0.588. The Labute approximate surface area is 126 Å². The maximum atomic E-state index is 12.9. The lowest BCUT2D eigenvalue weighted by atomic mass is 9.86. The van der Waals surface area contributed by atoms with E-state index in [1.165, 1.54) is 0 Å². The van der Waals surface area contributed by atoms with Crippen molar-refractivity contribution in [2.75, 3.05) is 0 Å². The molecule has 4 heteroatoms. The fourth-order valence-corrected chi connectivity index (χ4v) is 6.34. The van der Waals surface area contributed by atoms with Crippen LogP contribution < -0.4 is 0 Å². The SMILES string of the molecule is CC(C)c1ccccc1C(=O)C1CC2CCC(C1)S2(=O)=O. The normalized spacial score (nSPS) is 30.5. The van der Waals surface area contributed by atoms with Crippen molar-refractivity contribution in [1.82, 2.24) is 0 Å². The summed E-state index contributed by atoms with van der Waals surface area (Å²) in [5, 5.41) is -0.562. The maximum Gasteiger partial charge on any atom is 0.166 e. The Bertz CT molecular complexity index is 640. The van der Waals surface area contributed by atoms with Gasteiger partial charge in [0, 0.05) is 11.5 Å². The molecule has 3 nitrogen and oxygen atoms in total. The molecule has 3 rings (SSSR count). The Morgan fingerprint density at radius 3 is 2.24 bits per heavy atom. The maximum absolute atomic E-state index is 12.9. The highest BCUT2D eigenvalue weighted by Gasteiger charge is 2.48. The van der Waals surface area contributed by atoms with Crippen LogP contribution in [0.15, 0.2) is 24.3 Å². The summed E-state index contributed by atoms with van der Waals surface area (Å²) < 4.78 is 24.3. The Kier molecular flexibility index (Phi) is 3.68. The van der Waals surface area contributed by atoms with Crippen molar-refractivity contribution in [2.45, 2.75) is 55.9 Å². The van der Waals surface area contributed by atoms with Crippen LogP contribution >= 0.6 is 0 Å². The van der Waals surface area contributed by atoms with Crippen molar-refractivity contribution in [3.63, 3.8) is 0 Å². The second-order valence-electron chi connectivity index (χ2n) is 6.68. The Morgan fingerprint density at radius 1 is 1.10 bits per heavy atom. The number of fused-ring (bicyclic) bond motifs is 2. The fourth-order valence-electron chi connectivity index (χ4n) is 3.87. The van der Waals surface area contributed by atoms with E-state index in [0.717, 1.165) is 24.0 Å². The molecular formula is C17H22O3S. The molecule has 1 aromatic rings. The molecule has 2 aliphatic rings. The van der Waals surface area contributed by atoms with Crippen LogP contribution in [0.1, 0.15) is 61.4 Å². The molecule has 0 amide bonds. The summed E-state index contributed by atoms with van der Waals surface area (Å²) in [6, 6.07) is 7.75. The number of ketones is 1. The minimum Gasteiger partial charge on any atom is -0.294 e. The number of carbonyl (C=O) groups excluding carboxylic acids is 1. The monoisotopic (exact) mass is 306 g/mol. The lowest BCUT2D eigenvalue weighted by Crippen LogP contribution is -2.36. The smallest absolute Gasteiger partial charge is 0.166 e. The molecule has 1 aromatic carbocycles. The van der Waals surface area contributed by atoms with E-state index >= 15 is 0 Å². The van der Waals surface area contributed by atoms with Crippen LogP contribution in [0.3, 0.4) is 0 Å². The highest BCUT2D eigenvalue weighted by Crippen LogP contribution is 2.42.